The Morgan fingerprint density at radius 1 is 1.11 bits per heavy atom. The zero-order valence-corrected chi connectivity index (χ0v) is 16.3. The minimum Gasteiger partial charge on any atom is -0.484 e. The summed E-state index contributed by atoms with van der Waals surface area (Å²) in [6, 6.07) is 11.4. The molecule has 0 radical (unpaired) electrons. The second-order valence-electron chi connectivity index (χ2n) is 6.56. The van der Waals surface area contributed by atoms with Crippen LogP contribution in [0.4, 0.5) is 0 Å². The molecule has 27 heavy (non-hydrogen) atoms. The van der Waals surface area contributed by atoms with Crippen LogP contribution in [0, 0.1) is 6.92 Å². The van der Waals surface area contributed by atoms with Gasteiger partial charge in [0.15, 0.2) is 6.61 Å². The van der Waals surface area contributed by atoms with E-state index in [1.165, 1.54) is 11.3 Å². The highest BCUT2D eigenvalue weighted by Crippen LogP contribution is 2.14. The highest BCUT2D eigenvalue weighted by atomic mass is 32.1. The summed E-state index contributed by atoms with van der Waals surface area (Å²) in [6.45, 7) is 6.48. The number of rotatable bonds is 7. The summed E-state index contributed by atoms with van der Waals surface area (Å²) in [7, 11) is 0. The van der Waals surface area contributed by atoms with Gasteiger partial charge in [-0.1, -0.05) is 23.8 Å². The third-order valence-corrected chi connectivity index (χ3v) is 5.39. The second-order valence-corrected chi connectivity index (χ2v) is 7.51. The summed E-state index contributed by atoms with van der Waals surface area (Å²) < 4.78 is 5.47. The molecule has 1 aliphatic rings. The lowest BCUT2D eigenvalue weighted by Gasteiger charge is -2.34. The van der Waals surface area contributed by atoms with Crippen molar-refractivity contribution in [3.05, 3.63) is 52.2 Å². The van der Waals surface area contributed by atoms with Crippen LogP contribution in [-0.4, -0.2) is 67.5 Å². The molecule has 0 spiro atoms. The van der Waals surface area contributed by atoms with E-state index in [1.54, 1.807) is 0 Å². The van der Waals surface area contributed by atoms with Crippen LogP contribution in [0.25, 0.3) is 0 Å². The van der Waals surface area contributed by atoms with Gasteiger partial charge >= 0.3 is 0 Å². The van der Waals surface area contributed by atoms with Crippen molar-refractivity contribution in [3.63, 3.8) is 0 Å². The maximum Gasteiger partial charge on any atom is 0.264 e. The second kappa shape index (κ2) is 9.53. The van der Waals surface area contributed by atoms with E-state index in [0.29, 0.717) is 12.3 Å². The van der Waals surface area contributed by atoms with Gasteiger partial charge < -0.3 is 15.0 Å². The largest absolute Gasteiger partial charge is 0.484 e. The quantitative estimate of drug-likeness (QED) is 0.790. The van der Waals surface area contributed by atoms with E-state index in [-0.39, 0.29) is 18.4 Å². The summed E-state index contributed by atoms with van der Waals surface area (Å²) in [4.78, 5) is 29.2. The first kappa shape index (κ1) is 19.4. The van der Waals surface area contributed by atoms with E-state index >= 15 is 0 Å². The molecule has 0 aliphatic carbocycles. The zero-order chi connectivity index (χ0) is 19.1. The summed E-state index contributed by atoms with van der Waals surface area (Å²) in [5, 5.41) is 4.81. The molecule has 2 amide bonds. The predicted octanol–water partition coefficient (Wildman–Crippen LogP) is 2.01. The van der Waals surface area contributed by atoms with Gasteiger partial charge in [-0.15, -0.1) is 11.3 Å². The van der Waals surface area contributed by atoms with Gasteiger partial charge in [0.25, 0.3) is 11.8 Å². The molecule has 7 heteroatoms. The summed E-state index contributed by atoms with van der Waals surface area (Å²) in [6.07, 6.45) is 0. The van der Waals surface area contributed by atoms with Gasteiger partial charge in [0.2, 0.25) is 0 Å². The number of piperazine rings is 1. The predicted molar refractivity (Wildman–Crippen MR) is 106 cm³/mol. The van der Waals surface area contributed by atoms with Crippen molar-refractivity contribution in [2.45, 2.75) is 6.92 Å². The number of aryl methyl sites for hydroxylation is 1. The van der Waals surface area contributed by atoms with Crippen molar-refractivity contribution in [1.82, 2.24) is 15.1 Å². The van der Waals surface area contributed by atoms with Crippen LogP contribution in [0.1, 0.15) is 15.2 Å². The minimum absolute atomic E-state index is 0.0200. The Hall–Kier alpha value is -2.38. The maximum atomic E-state index is 12.3. The number of thiophene rings is 1. The normalized spacial score (nSPS) is 14.8. The highest BCUT2D eigenvalue weighted by molar-refractivity contribution is 7.12. The first-order chi connectivity index (χ1) is 13.1. The Morgan fingerprint density at radius 3 is 2.52 bits per heavy atom. The number of benzene rings is 1. The number of hydrogen-bond acceptors (Lipinski definition) is 5. The molecule has 1 aromatic carbocycles. The van der Waals surface area contributed by atoms with Crippen LogP contribution in [-0.2, 0) is 4.79 Å². The molecule has 1 saturated heterocycles. The topological polar surface area (TPSA) is 61.9 Å². The molecule has 2 heterocycles. The number of carbonyl (C=O) groups is 2. The lowest BCUT2D eigenvalue weighted by atomic mass is 10.2. The van der Waals surface area contributed by atoms with Crippen molar-refractivity contribution in [2.75, 3.05) is 45.9 Å². The third kappa shape index (κ3) is 5.80. The van der Waals surface area contributed by atoms with Crippen LogP contribution < -0.4 is 10.1 Å². The van der Waals surface area contributed by atoms with Crippen LogP contribution in [0.15, 0.2) is 41.8 Å². The van der Waals surface area contributed by atoms with E-state index in [2.05, 4.69) is 10.2 Å². The molecule has 2 aromatic rings. The minimum atomic E-state index is -0.123. The molecule has 1 aromatic heterocycles. The first-order valence-electron chi connectivity index (χ1n) is 9.13. The molecule has 144 valence electrons. The lowest BCUT2D eigenvalue weighted by Crippen LogP contribution is -2.50. The van der Waals surface area contributed by atoms with Gasteiger partial charge in [-0.2, -0.15) is 0 Å². The van der Waals surface area contributed by atoms with E-state index in [0.717, 1.165) is 43.2 Å². The summed E-state index contributed by atoms with van der Waals surface area (Å²) >= 11 is 1.48. The van der Waals surface area contributed by atoms with Gasteiger partial charge in [-0.25, -0.2) is 0 Å². The average molecular weight is 388 g/mol. The van der Waals surface area contributed by atoms with Gasteiger partial charge in [-0.3, -0.25) is 14.5 Å². The van der Waals surface area contributed by atoms with Crippen LogP contribution in [0.2, 0.25) is 0 Å². The number of nitrogens with one attached hydrogen (secondary N) is 1. The van der Waals surface area contributed by atoms with Crippen molar-refractivity contribution < 1.29 is 14.3 Å². The molecule has 6 nitrogen and oxygen atoms in total. The smallest absolute Gasteiger partial charge is 0.264 e. The standard InChI is InChI=1S/C20H25N3O3S/c1-16-4-6-17(7-5-16)26-15-19(24)21-8-9-22-10-12-23(13-11-22)20(25)18-3-2-14-27-18/h2-7,14H,8-13,15H2,1H3,(H,21,24). The van der Waals surface area contributed by atoms with Gasteiger partial charge in [0.05, 0.1) is 4.88 Å². The van der Waals surface area contributed by atoms with E-state index in [1.807, 2.05) is 53.6 Å². The molecule has 0 bridgehead atoms. The van der Waals surface area contributed by atoms with Crippen molar-refractivity contribution in [2.24, 2.45) is 0 Å². The van der Waals surface area contributed by atoms with Gasteiger partial charge in [0, 0.05) is 39.3 Å². The monoisotopic (exact) mass is 387 g/mol. The van der Waals surface area contributed by atoms with E-state index in [9.17, 15) is 9.59 Å². The van der Waals surface area contributed by atoms with Crippen molar-refractivity contribution in [1.29, 1.82) is 0 Å². The Morgan fingerprint density at radius 2 is 1.85 bits per heavy atom. The molecular weight excluding hydrogens is 362 g/mol. The Balaban J connectivity index is 1.30. The number of nitrogens with zero attached hydrogens (tertiary/aromatic N) is 2. The van der Waals surface area contributed by atoms with Gasteiger partial charge in [-0.05, 0) is 30.5 Å². The van der Waals surface area contributed by atoms with E-state index in [4.69, 9.17) is 4.74 Å². The Labute approximate surface area is 163 Å². The van der Waals surface area contributed by atoms with Crippen LogP contribution in [0.5, 0.6) is 5.75 Å². The highest BCUT2D eigenvalue weighted by Gasteiger charge is 2.22. The molecule has 1 aliphatic heterocycles. The Kier molecular flexibility index (Phi) is 6.84. The number of carbonyl (C=O) groups excluding carboxylic acids is 2. The third-order valence-electron chi connectivity index (χ3n) is 4.53. The fourth-order valence-corrected chi connectivity index (χ4v) is 3.61. The fraction of sp³-hybridized carbons (Fsp3) is 0.400. The number of amides is 2. The number of hydrogen-bond donors (Lipinski definition) is 1. The summed E-state index contributed by atoms with van der Waals surface area (Å²) in [5.74, 6) is 0.690. The molecule has 0 saturated carbocycles. The molecule has 0 atom stereocenters. The Bertz CT molecular complexity index is 738. The van der Waals surface area contributed by atoms with Crippen LogP contribution in [0.3, 0.4) is 0 Å². The lowest BCUT2D eigenvalue weighted by molar-refractivity contribution is -0.123. The van der Waals surface area contributed by atoms with Crippen molar-refractivity contribution >= 4 is 23.2 Å². The number of ether oxygens (including phenoxy) is 1. The SMILES string of the molecule is Cc1ccc(OCC(=O)NCCN2CCN(C(=O)c3cccs3)CC2)cc1. The van der Waals surface area contributed by atoms with E-state index < -0.39 is 0 Å². The zero-order valence-electron chi connectivity index (χ0n) is 15.5. The summed E-state index contributed by atoms with van der Waals surface area (Å²) in [5.41, 5.74) is 1.16. The molecule has 1 N–H and O–H groups in total. The fourth-order valence-electron chi connectivity index (χ4n) is 2.92. The maximum absolute atomic E-state index is 12.3. The average Bonchev–Trinajstić information content (AvgIpc) is 3.22. The van der Waals surface area contributed by atoms with Crippen LogP contribution >= 0.6 is 11.3 Å². The molecule has 1 fully saturated rings. The van der Waals surface area contributed by atoms with Crippen molar-refractivity contribution in [3.8, 4) is 5.75 Å². The van der Waals surface area contributed by atoms with Gasteiger partial charge in [0.1, 0.15) is 5.75 Å². The molecule has 3 rings (SSSR count). The molecular formula is C20H25N3O3S. The molecule has 0 unspecified atom stereocenters. The first-order valence-corrected chi connectivity index (χ1v) is 10.0.